The Morgan fingerprint density at radius 1 is 1.67 bits per heavy atom. The smallest absolute Gasteiger partial charge is 0.346 e. The molecule has 0 N–H and O–H groups in total. The first-order chi connectivity index (χ1) is 8.46. The molecule has 0 aromatic carbocycles. The molecule has 1 unspecified atom stereocenters. The van der Waals surface area contributed by atoms with Gasteiger partial charge in [0.2, 0.25) is 5.60 Å². The van der Waals surface area contributed by atoms with E-state index in [0.29, 0.717) is 0 Å². The normalized spacial score (nSPS) is 40.8. The molecule has 3 atom stereocenters. The third kappa shape index (κ3) is 1.89. The van der Waals surface area contributed by atoms with Gasteiger partial charge < -0.3 is 14.2 Å². The Balaban J connectivity index is 2.41. The number of hydrogen-bond donors (Lipinski definition) is 0. The Hall–Kier alpha value is -1.46. The summed E-state index contributed by atoms with van der Waals surface area (Å²) in [5.74, 6) is -2.11. The van der Waals surface area contributed by atoms with Crippen LogP contribution in [0, 0.1) is 0 Å². The van der Waals surface area contributed by atoms with Crippen molar-refractivity contribution in [1.29, 1.82) is 0 Å². The molecule has 0 amide bonds. The molecule has 2 aliphatic heterocycles. The number of methoxy groups -OCH3 is 1. The first kappa shape index (κ1) is 13.0. The molecule has 1 saturated heterocycles. The third-order valence-corrected chi connectivity index (χ3v) is 3.19. The van der Waals surface area contributed by atoms with Gasteiger partial charge in [0.1, 0.15) is 0 Å². The number of ether oxygens (including phenoxy) is 3. The van der Waals surface area contributed by atoms with E-state index in [1.807, 2.05) is 0 Å². The molecule has 0 aromatic rings. The summed E-state index contributed by atoms with van der Waals surface area (Å²) in [6, 6.07) is 0. The minimum Gasteiger partial charge on any atom is -0.467 e. The molecule has 0 radical (unpaired) electrons. The maximum atomic E-state index is 12.1. The zero-order valence-electron chi connectivity index (χ0n) is 10.5. The van der Waals surface area contributed by atoms with Crippen LogP contribution < -0.4 is 0 Å². The van der Waals surface area contributed by atoms with Gasteiger partial charge in [0.15, 0.2) is 11.6 Å². The number of esters is 1. The molecule has 0 saturated carbocycles. The van der Waals surface area contributed by atoms with Gasteiger partial charge in [0, 0.05) is 6.42 Å². The lowest BCUT2D eigenvalue weighted by Gasteiger charge is -2.32. The molecule has 1 fully saturated rings. The lowest BCUT2D eigenvalue weighted by Crippen LogP contribution is -2.47. The molecule has 0 aromatic heterocycles. The summed E-state index contributed by atoms with van der Waals surface area (Å²) in [5, 5.41) is 0. The van der Waals surface area contributed by atoms with Crippen LogP contribution in [0.1, 0.15) is 19.8 Å². The topological polar surface area (TPSA) is 61.8 Å². The van der Waals surface area contributed by atoms with Gasteiger partial charge in [-0.3, -0.25) is 4.79 Å². The van der Waals surface area contributed by atoms with Crippen LogP contribution in [0.2, 0.25) is 0 Å². The number of carbonyl (C=O) groups is 2. The van der Waals surface area contributed by atoms with Crippen LogP contribution in [-0.2, 0) is 23.8 Å². The fraction of sp³-hybridized carbons (Fsp3) is 0.538. The predicted molar refractivity (Wildman–Crippen MR) is 62.7 cm³/mol. The van der Waals surface area contributed by atoms with E-state index in [4.69, 9.17) is 9.47 Å². The summed E-state index contributed by atoms with van der Waals surface area (Å²) < 4.78 is 16.0. The van der Waals surface area contributed by atoms with Gasteiger partial charge >= 0.3 is 5.97 Å². The van der Waals surface area contributed by atoms with E-state index in [9.17, 15) is 9.59 Å². The molecule has 0 aliphatic carbocycles. The molecular formula is C13H16O5. The van der Waals surface area contributed by atoms with Crippen molar-refractivity contribution in [3.8, 4) is 0 Å². The van der Waals surface area contributed by atoms with Crippen LogP contribution in [0.25, 0.3) is 0 Å². The maximum Gasteiger partial charge on any atom is 0.346 e. The highest BCUT2D eigenvalue weighted by atomic mass is 16.7. The van der Waals surface area contributed by atoms with E-state index in [1.165, 1.54) is 7.11 Å². The Morgan fingerprint density at radius 3 is 3.00 bits per heavy atom. The van der Waals surface area contributed by atoms with Crippen molar-refractivity contribution < 1.29 is 23.8 Å². The lowest BCUT2D eigenvalue weighted by atomic mass is 9.94. The average Bonchev–Trinajstić information content (AvgIpc) is 2.59. The number of Topliss-reactive ketones (excluding diaryl/α,β-unsaturated/α-hetero) is 1. The zero-order valence-corrected chi connectivity index (χ0v) is 10.5. The van der Waals surface area contributed by atoms with Gasteiger partial charge in [0.25, 0.3) is 0 Å². The third-order valence-electron chi connectivity index (χ3n) is 3.19. The minimum atomic E-state index is -1.56. The first-order valence-electron chi connectivity index (χ1n) is 5.75. The van der Waals surface area contributed by atoms with Crippen molar-refractivity contribution in [2.45, 2.75) is 37.3 Å². The molecule has 2 heterocycles. The van der Waals surface area contributed by atoms with Crippen molar-refractivity contribution in [1.82, 2.24) is 0 Å². The van der Waals surface area contributed by atoms with Crippen molar-refractivity contribution >= 4 is 11.8 Å². The van der Waals surface area contributed by atoms with Crippen molar-refractivity contribution in [3.63, 3.8) is 0 Å². The Bertz CT molecular complexity index is 427. The maximum absolute atomic E-state index is 12.1. The van der Waals surface area contributed by atoms with E-state index in [0.717, 1.165) is 0 Å². The van der Waals surface area contributed by atoms with Crippen LogP contribution in [0.3, 0.4) is 0 Å². The second-order valence-electron chi connectivity index (χ2n) is 4.60. The lowest BCUT2D eigenvalue weighted by molar-refractivity contribution is -0.251. The Kier molecular flexibility index (Phi) is 3.12. The van der Waals surface area contributed by atoms with Crippen molar-refractivity contribution in [3.05, 3.63) is 24.8 Å². The van der Waals surface area contributed by atoms with E-state index in [2.05, 4.69) is 11.3 Å². The second kappa shape index (κ2) is 4.33. The minimum absolute atomic E-state index is 0.0219. The average molecular weight is 252 g/mol. The van der Waals surface area contributed by atoms with Crippen LogP contribution in [0.5, 0.6) is 0 Å². The van der Waals surface area contributed by atoms with E-state index in [-0.39, 0.29) is 24.7 Å². The summed E-state index contributed by atoms with van der Waals surface area (Å²) in [5.41, 5.74) is -1.56. The Morgan fingerprint density at radius 2 is 2.39 bits per heavy atom. The Labute approximate surface area is 105 Å². The molecule has 2 aliphatic rings. The molecular weight excluding hydrogens is 236 g/mol. The van der Waals surface area contributed by atoms with Crippen LogP contribution >= 0.6 is 0 Å². The summed E-state index contributed by atoms with van der Waals surface area (Å²) in [6.45, 7) is 5.29. The van der Waals surface area contributed by atoms with E-state index >= 15 is 0 Å². The van der Waals surface area contributed by atoms with Gasteiger partial charge in [0.05, 0.1) is 19.6 Å². The van der Waals surface area contributed by atoms with Gasteiger partial charge in [-0.2, -0.15) is 0 Å². The van der Waals surface area contributed by atoms with Crippen molar-refractivity contribution in [2.24, 2.45) is 0 Å². The summed E-state index contributed by atoms with van der Waals surface area (Å²) in [7, 11) is 1.24. The van der Waals surface area contributed by atoms with Gasteiger partial charge in [-0.05, 0) is 6.92 Å². The summed E-state index contributed by atoms with van der Waals surface area (Å²) in [4.78, 5) is 24.0. The van der Waals surface area contributed by atoms with Gasteiger partial charge in [-0.1, -0.05) is 18.2 Å². The highest BCUT2D eigenvalue weighted by Crippen LogP contribution is 2.41. The summed E-state index contributed by atoms with van der Waals surface area (Å²) >= 11 is 0. The SMILES string of the molecule is C=CC1/C=C\C[C@@]2(C(=O)OC)O[C@](C)(CC2=O)O1. The number of fused-ring (bicyclic) bond motifs is 2. The van der Waals surface area contributed by atoms with E-state index < -0.39 is 17.4 Å². The van der Waals surface area contributed by atoms with Crippen molar-refractivity contribution in [2.75, 3.05) is 7.11 Å². The van der Waals surface area contributed by atoms with E-state index in [1.54, 1.807) is 25.2 Å². The first-order valence-corrected chi connectivity index (χ1v) is 5.75. The monoisotopic (exact) mass is 252 g/mol. The number of hydrogen-bond acceptors (Lipinski definition) is 5. The number of carbonyl (C=O) groups excluding carboxylic acids is 2. The van der Waals surface area contributed by atoms with Crippen LogP contribution in [-0.4, -0.2) is 36.4 Å². The highest BCUT2D eigenvalue weighted by molar-refractivity contribution is 6.09. The quantitative estimate of drug-likeness (QED) is 0.419. The number of ketones is 1. The summed E-state index contributed by atoms with van der Waals surface area (Å²) in [6.07, 6.45) is 4.89. The largest absolute Gasteiger partial charge is 0.467 e. The predicted octanol–water partition coefficient (Wildman–Crippen LogP) is 1.13. The van der Waals surface area contributed by atoms with Crippen LogP contribution in [0.15, 0.2) is 24.8 Å². The second-order valence-corrected chi connectivity index (χ2v) is 4.60. The molecule has 18 heavy (non-hydrogen) atoms. The fourth-order valence-electron chi connectivity index (χ4n) is 2.34. The number of rotatable bonds is 2. The van der Waals surface area contributed by atoms with Crippen LogP contribution in [0.4, 0.5) is 0 Å². The van der Waals surface area contributed by atoms with Gasteiger partial charge in [-0.25, -0.2) is 4.79 Å². The molecule has 98 valence electrons. The molecule has 2 bridgehead atoms. The molecule has 0 spiro atoms. The molecule has 5 heteroatoms. The molecule has 2 rings (SSSR count). The highest BCUT2D eigenvalue weighted by Gasteiger charge is 2.60. The standard InChI is InChI=1S/C13H16O5/c1-4-9-6-5-7-13(11(15)16-3)10(14)8-12(2,17-9)18-13/h4-6,9H,1,7-8H2,2-3H3/b6-5-/t9?,12-,13-/m1/s1. The molecule has 5 nitrogen and oxygen atoms in total. The fourth-order valence-corrected chi connectivity index (χ4v) is 2.34. The van der Waals surface area contributed by atoms with Gasteiger partial charge in [-0.15, -0.1) is 6.58 Å². The zero-order chi connectivity index (χ0) is 13.4.